The molecule has 0 bridgehead atoms. The van der Waals surface area contributed by atoms with Crippen LogP contribution in [0, 0.1) is 12.3 Å². The van der Waals surface area contributed by atoms with Gasteiger partial charge in [0.2, 0.25) is 0 Å². The maximum absolute atomic E-state index is 5.14. The summed E-state index contributed by atoms with van der Waals surface area (Å²) < 4.78 is 0. The van der Waals surface area contributed by atoms with E-state index in [-0.39, 0.29) is 0 Å². The Morgan fingerprint density at radius 3 is 2.62 bits per heavy atom. The minimum atomic E-state index is 0.678. The van der Waals surface area contributed by atoms with Gasteiger partial charge in [0.25, 0.3) is 0 Å². The van der Waals surface area contributed by atoms with Crippen LogP contribution in [0.25, 0.3) is 0 Å². The van der Waals surface area contributed by atoms with Crippen LogP contribution in [0.5, 0.6) is 0 Å². The summed E-state index contributed by atoms with van der Waals surface area (Å²) in [5, 5.41) is 3.20. The number of hydrogen-bond acceptors (Lipinski definition) is 2. The van der Waals surface area contributed by atoms with Gasteiger partial charge in [-0.25, -0.2) is 0 Å². The molecule has 0 fully saturated rings. The fraction of sp³-hybridized carbons (Fsp3) is 0.818. The van der Waals surface area contributed by atoms with Crippen LogP contribution in [-0.2, 0) is 0 Å². The molecule has 13 heavy (non-hydrogen) atoms. The Labute approximate surface area is 82.7 Å². The first-order valence-corrected chi connectivity index (χ1v) is 5.14. The Hall–Kier alpha value is -0.520. The molecule has 0 aromatic rings. The fourth-order valence-corrected chi connectivity index (χ4v) is 1.33. The quantitative estimate of drug-likeness (QED) is 0.472. The molecule has 0 aromatic carbocycles. The van der Waals surface area contributed by atoms with Crippen molar-refractivity contribution in [3.63, 3.8) is 0 Å². The zero-order valence-electron chi connectivity index (χ0n) is 9.14. The lowest BCUT2D eigenvalue weighted by molar-refractivity contribution is 0.216. The van der Waals surface area contributed by atoms with Crippen LogP contribution < -0.4 is 5.32 Å². The summed E-state index contributed by atoms with van der Waals surface area (Å²) in [4.78, 5) is 2.46. The molecule has 0 radical (unpaired) electrons. The zero-order chi connectivity index (χ0) is 10.1. The van der Waals surface area contributed by atoms with E-state index in [9.17, 15) is 0 Å². The van der Waals surface area contributed by atoms with Crippen LogP contribution in [0.15, 0.2) is 0 Å². The highest BCUT2D eigenvalue weighted by atomic mass is 15.2. The van der Waals surface area contributed by atoms with Crippen LogP contribution in [0.2, 0.25) is 0 Å². The number of rotatable bonds is 7. The Bertz CT molecular complexity index is 149. The summed E-state index contributed by atoms with van der Waals surface area (Å²) in [6.07, 6.45) is 6.35. The lowest BCUT2D eigenvalue weighted by atomic mass is 10.2. The molecule has 0 saturated carbocycles. The third kappa shape index (κ3) is 5.68. The molecule has 1 unspecified atom stereocenters. The van der Waals surface area contributed by atoms with Crippen molar-refractivity contribution >= 4 is 0 Å². The maximum Gasteiger partial charge on any atom is 0.0574 e. The smallest absolute Gasteiger partial charge is 0.0574 e. The summed E-state index contributed by atoms with van der Waals surface area (Å²) in [5.74, 6) is 2.57. The SMILES string of the molecule is C#CCNCCN(CC)C(C)CC. The molecule has 0 aromatic heterocycles. The molecule has 0 spiro atoms. The third-order valence-electron chi connectivity index (χ3n) is 2.42. The average Bonchev–Trinajstić information content (AvgIpc) is 2.17. The van der Waals surface area contributed by atoms with Crippen LogP contribution in [0.3, 0.4) is 0 Å². The lowest BCUT2D eigenvalue weighted by Gasteiger charge is -2.26. The molecule has 0 aliphatic carbocycles. The second kappa shape index (κ2) is 8.10. The van der Waals surface area contributed by atoms with Gasteiger partial charge in [-0.2, -0.15) is 0 Å². The summed E-state index contributed by atoms with van der Waals surface area (Å²) >= 11 is 0. The van der Waals surface area contributed by atoms with Gasteiger partial charge in [0.15, 0.2) is 0 Å². The van der Waals surface area contributed by atoms with Gasteiger partial charge in [0, 0.05) is 19.1 Å². The molecule has 2 nitrogen and oxygen atoms in total. The summed E-state index contributed by atoms with van der Waals surface area (Å²) in [7, 11) is 0. The van der Waals surface area contributed by atoms with Gasteiger partial charge < -0.3 is 5.32 Å². The first-order chi connectivity index (χ1) is 6.26. The monoisotopic (exact) mass is 182 g/mol. The second-order valence-corrected chi connectivity index (χ2v) is 3.27. The van der Waals surface area contributed by atoms with E-state index in [0.717, 1.165) is 19.6 Å². The highest BCUT2D eigenvalue weighted by Gasteiger charge is 2.07. The van der Waals surface area contributed by atoms with Crippen molar-refractivity contribution in [1.29, 1.82) is 0 Å². The predicted octanol–water partition coefficient (Wildman–Crippen LogP) is 1.33. The number of hydrogen-bond donors (Lipinski definition) is 1. The predicted molar refractivity (Wildman–Crippen MR) is 58.7 cm³/mol. The number of nitrogens with zero attached hydrogens (tertiary/aromatic N) is 1. The molecule has 0 aliphatic heterocycles. The third-order valence-corrected chi connectivity index (χ3v) is 2.42. The minimum Gasteiger partial charge on any atom is -0.305 e. The highest BCUT2D eigenvalue weighted by molar-refractivity contribution is 4.86. The lowest BCUT2D eigenvalue weighted by Crippen LogP contribution is -2.38. The van der Waals surface area contributed by atoms with Crippen molar-refractivity contribution in [2.75, 3.05) is 26.2 Å². The zero-order valence-corrected chi connectivity index (χ0v) is 9.14. The van der Waals surface area contributed by atoms with Crippen molar-refractivity contribution in [2.45, 2.75) is 33.2 Å². The van der Waals surface area contributed by atoms with Gasteiger partial charge in [0.1, 0.15) is 0 Å². The number of terminal acetylenes is 1. The van der Waals surface area contributed by atoms with Crippen LogP contribution in [0.4, 0.5) is 0 Å². The van der Waals surface area contributed by atoms with Gasteiger partial charge in [0.05, 0.1) is 6.54 Å². The summed E-state index contributed by atoms with van der Waals surface area (Å²) in [6.45, 7) is 10.6. The van der Waals surface area contributed by atoms with Crippen LogP contribution >= 0.6 is 0 Å². The average molecular weight is 182 g/mol. The molecule has 2 heteroatoms. The van der Waals surface area contributed by atoms with E-state index < -0.39 is 0 Å². The van der Waals surface area contributed by atoms with Crippen molar-refractivity contribution in [1.82, 2.24) is 10.2 Å². The molecule has 1 N–H and O–H groups in total. The summed E-state index contributed by atoms with van der Waals surface area (Å²) in [5.41, 5.74) is 0. The van der Waals surface area contributed by atoms with E-state index in [1.165, 1.54) is 6.42 Å². The molecule has 0 heterocycles. The van der Waals surface area contributed by atoms with E-state index >= 15 is 0 Å². The van der Waals surface area contributed by atoms with Gasteiger partial charge >= 0.3 is 0 Å². The van der Waals surface area contributed by atoms with Crippen molar-refractivity contribution in [2.24, 2.45) is 0 Å². The highest BCUT2D eigenvalue weighted by Crippen LogP contribution is 2.01. The van der Waals surface area contributed by atoms with E-state index in [1.54, 1.807) is 0 Å². The van der Waals surface area contributed by atoms with E-state index in [1.807, 2.05) is 0 Å². The Balaban J connectivity index is 3.54. The molecule has 0 aliphatic rings. The Morgan fingerprint density at radius 2 is 2.15 bits per heavy atom. The Kier molecular flexibility index (Phi) is 7.77. The van der Waals surface area contributed by atoms with E-state index in [4.69, 9.17) is 6.42 Å². The molecule has 0 rings (SSSR count). The van der Waals surface area contributed by atoms with Crippen molar-refractivity contribution in [3.05, 3.63) is 0 Å². The largest absolute Gasteiger partial charge is 0.305 e. The van der Waals surface area contributed by atoms with E-state index in [2.05, 4.69) is 36.9 Å². The fourth-order valence-electron chi connectivity index (χ4n) is 1.33. The summed E-state index contributed by atoms with van der Waals surface area (Å²) in [6, 6.07) is 0.678. The molecule has 0 saturated heterocycles. The van der Waals surface area contributed by atoms with Gasteiger partial charge in [-0.05, 0) is 19.9 Å². The number of nitrogens with one attached hydrogen (secondary N) is 1. The van der Waals surface area contributed by atoms with Gasteiger partial charge in [-0.3, -0.25) is 4.90 Å². The molecular weight excluding hydrogens is 160 g/mol. The van der Waals surface area contributed by atoms with Crippen molar-refractivity contribution < 1.29 is 0 Å². The van der Waals surface area contributed by atoms with E-state index in [0.29, 0.717) is 12.6 Å². The minimum absolute atomic E-state index is 0.678. The maximum atomic E-state index is 5.14. The molecule has 0 amide bonds. The Morgan fingerprint density at radius 1 is 1.46 bits per heavy atom. The van der Waals surface area contributed by atoms with Gasteiger partial charge in [-0.1, -0.05) is 19.8 Å². The molecular formula is C11H22N2. The normalized spacial score (nSPS) is 12.8. The molecule has 1 atom stereocenters. The molecule has 76 valence electrons. The number of likely N-dealkylation sites (N-methyl/N-ethyl adjacent to an activating group) is 1. The topological polar surface area (TPSA) is 15.3 Å². The first kappa shape index (κ1) is 12.5. The van der Waals surface area contributed by atoms with Crippen LogP contribution in [0.1, 0.15) is 27.2 Å². The second-order valence-electron chi connectivity index (χ2n) is 3.27. The van der Waals surface area contributed by atoms with Crippen molar-refractivity contribution in [3.8, 4) is 12.3 Å². The van der Waals surface area contributed by atoms with Crippen LogP contribution in [-0.4, -0.2) is 37.1 Å². The first-order valence-electron chi connectivity index (χ1n) is 5.14. The standard InChI is InChI=1S/C11H22N2/c1-5-8-12-9-10-13(7-3)11(4)6-2/h1,11-12H,6-10H2,2-4H3. The van der Waals surface area contributed by atoms with Gasteiger partial charge in [-0.15, -0.1) is 6.42 Å².